The molecule has 1 fully saturated rings. The van der Waals surface area contributed by atoms with E-state index in [1.807, 2.05) is 17.9 Å². The molecule has 0 amide bonds. The van der Waals surface area contributed by atoms with Crippen LogP contribution in [0.5, 0.6) is 0 Å². The van der Waals surface area contributed by atoms with Crippen molar-refractivity contribution in [2.45, 2.75) is 32.4 Å². The lowest BCUT2D eigenvalue weighted by atomic mass is 9.91. The third-order valence-electron chi connectivity index (χ3n) is 3.87. The van der Waals surface area contributed by atoms with Gasteiger partial charge >= 0.3 is 0 Å². The molecule has 4 heteroatoms. The molecule has 0 aliphatic carbocycles. The molecule has 1 N–H and O–H groups in total. The minimum absolute atomic E-state index is 0.617. The summed E-state index contributed by atoms with van der Waals surface area (Å²) in [5.41, 5.74) is 1.32. The van der Waals surface area contributed by atoms with Crippen LogP contribution in [0.1, 0.15) is 25.3 Å². The van der Waals surface area contributed by atoms with E-state index in [4.69, 9.17) is 0 Å². The van der Waals surface area contributed by atoms with Crippen LogP contribution in [0.25, 0.3) is 0 Å². The first-order valence-corrected chi connectivity index (χ1v) is 6.56. The third-order valence-corrected chi connectivity index (χ3v) is 3.87. The first kappa shape index (κ1) is 12.6. The van der Waals surface area contributed by atoms with E-state index in [1.54, 1.807) is 0 Å². The predicted molar refractivity (Wildman–Crippen MR) is 69.7 cm³/mol. The number of aromatic nitrogens is 2. The van der Waals surface area contributed by atoms with E-state index in [0.717, 1.165) is 12.5 Å². The van der Waals surface area contributed by atoms with E-state index >= 15 is 0 Å². The van der Waals surface area contributed by atoms with Crippen molar-refractivity contribution in [1.29, 1.82) is 0 Å². The van der Waals surface area contributed by atoms with Crippen LogP contribution >= 0.6 is 0 Å². The Labute approximate surface area is 104 Å². The van der Waals surface area contributed by atoms with Gasteiger partial charge in [0.25, 0.3) is 0 Å². The monoisotopic (exact) mass is 236 g/mol. The third kappa shape index (κ3) is 3.30. The van der Waals surface area contributed by atoms with Gasteiger partial charge in [0, 0.05) is 37.9 Å². The topological polar surface area (TPSA) is 33.1 Å². The molecule has 0 spiro atoms. The molecule has 96 valence electrons. The van der Waals surface area contributed by atoms with Crippen LogP contribution in [-0.4, -0.2) is 40.9 Å². The minimum atomic E-state index is 0.617. The number of piperidine rings is 1. The highest BCUT2D eigenvalue weighted by molar-refractivity contribution is 5.03. The molecule has 1 aliphatic heterocycles. The van der Waals surface area contributed by atoms with Crippen LogP contribution in [0.3, 0.4) is 0 Å². The molecule has 0 bridgehead atoms. The van der Waals surface area contributed by atoms with Crippen LogP contribution in [-0.2, 0) is 13.6 Å². The van der Waals surface area contributed by atoms with Gasteiger partial charge in [-0.3, -0.25) is 9.58 Å². The molecule has 0 aromatic carbocycles. The minimum Gasteiger partial charge on any atom is -0.317 e. The number of likely N-dealkylation sites (tertiary alicyclic amines) is 1. The quantitative estimate of drug-likeness (QED) is 0.854. The summed E-state index contributed by atoms with van der Waals surface area (Å²) in [6, 6.07) is 0.617. The number of aryl methyl sites for hydroxylation is 1. The lowest BCUT2D eigenvalue weighted by Crippen LogP contribution is -2.43. The smallest absolute Gasteiger partial charge is 0.0534 e. The van der Waals surface area contributed by atoms with Gasteiger partial charge in [0.05, 0.1) is 6.20 Å². The molecule has 2 unspecified atom stereocenters. The number of nitrogens with zero attached hydrogens (tertiary/aromatic N) is 3. The maximum Gasteiger partial charge on any atom is 0.0534 e. The summed E-state index contributed by atoms with van der Waals surface area (Å²) in [5, 5.41) is 7.61. The molecule has 1 aliphatic rings. The zero-order valence-electron chi connectivity index (χ0n) is 11.2. The van der Waals surface area contributed by atoms with Gasteiger partial charge in [-0.15, -0.1) is 0 Å². The van der Waals surface area contributed by atoms with Gasteiger partial charge in [-0.1, -0.05) is 0 Å². The summed E-state index contributed by atoms with van der Waals surface area (Å²) >= 11 is 0. The van der Waals surface area contributed by atoms with Crippen LogP contribution in [0.2, 0.25) is 0 Å². The molecule has 17 heavy (non-hydrogen) atoms. The van der Waals surface area contributed by atoms with E-state index < -0.39 is 0 Å². The van der Waals surface area contributed by atoms with Crippen molar-refractivity contribution >= 4 is 0 Å². The summed E-state index contributed by atoms with van der Waals surface area (Å²) in [5.74, 6) is 0.783. The van der Waals surface area contributed by atoms with Crippen molar-refractivity contribution in [1.82, 2.24) is 20.0 Å². The maximum absolute atomic E-state index is 4.23. The normalized spacial score (nSPS) is 23.8. The largest absolute Gasteiger partial charge is 0.317 e. The Morgan fingerprint density at radius 3 is 3.06 bits per heavy atom. The van der Waals surface area contributed by atoms with E-state index in [0.29, 0.717) is 6.04 Å². The van der Waals surface area contributed by atoms with E-state index in [-0.39, 0.29) is 0 Å². The summed E-state index contributed by atoms with van der Waals surface area (Å²) < 4.78 is 1.88. The predicted octanol–water partition coefficient (Wildman–Crippen LogP) is 1.24. The SMILES string of the molecule is CNC(C)C1CCCN(Cc2cnn(C)c2)C1. The van der Waals surface area contributed by atoms with Crippen molar-refractivity contribution in [3.8, 4) is 0 Å². The fourth-order valence-electron chi connectivity index (χ4n) is 2.69. The highest BCUT2D eigenvalue weighted by Crippen LogP contribution is 2.21. The molecule has 2 atom stereocenters. The Bertz CT molecular complexity index is 347. The fourth-order valence-corrected chi connectivity index (χ4v) is 2.69. The Morgan fingerprint density at radius 1 is 1.59 bits per heavy atom. The van der Waals surface area contributed by atoms with E-state index in [2.05, 4.69) is 35.5 Å². The zero-order chi connectivity index (χ0) is 12.3. The second-order valence-electron chi connectivity index (χ2n) is 5.24. The molecule has 2 rings (SSSR count). The van der Waals surface area contributed by atoms with Gasteiger partial charge in [-0.05, 0) is 39.3 Å². The highest BCUT2D eigenvalue weighted by atomic mass is 15.2. The standard InChI is InChI=1S/C13H24N4/c1-11(14-2)13-5-4-6-17(10-13)9-12-7-15-16(3)8-12/h7-8,11,13-14H,4-6,9-10H2,1-3H3. The first-order chi connectivity index (χ1) is 8.19. The fraction of sp³-hybridized carbons (Fsp3) is 0.769. The van der Waals surface area contributed by atoms with Gasteiger partial charge in [0.15, 0.2) is 0 Å². The molecule has 0 radical (unpaired) electrons. The highest BCUT2D eigenvalue weighted by Gasteiger charge is 2.23. The zero-order valence-corrected chi connectivity index (χ0v) is 11.2. The van der Waals surface area contributed by atoms with Gasteiger partial charge in [0.1, 0.15) is 0 Å². The lowest BCUT2D eigenvalue weighted by Gasteiger charge is -2.35. The summed E-state index contributed by atoms with van der Waals surface area (Å²) in [4.78, 5) is 2.55. The number of nitrogens with one attached hydrogen (secondary N) is 1. The molecular formula is C13H24N4. The maximum atomic E-state index is 4.23. The van der Waals surface area contributed by atoms with Gasteiger partial charge in [0.2, 0.25) is 0 Å². The average molecular weight is 236 g/mol. The number of rotatable bonds is 4. The molecule has 1 aromatic heterocycles. The summed E-state index contributed by atoms with van der Waals surface area (Å²) in [6.07, 6.45) is 6.76. The van der Waals surface area contributed by atoms with Crippen molar-refractivity contribution in [3.05, 3.63) is 18.0 Å². The Hall–Kier alpha value is -0.870. The van der Waals surface area contributed by atoms with Crippen molar-refractivity contribution in [2.24, 2.45) is 13.0 Å². The molecule has 0 saturated carbocycles. The van der Waals surface area contributed by atoms with E-state index in [1.165, 1.54) is 31.5 Å². The van der Waals surface area contributed by atoms with Gasteiger partial charge < -0.3 is 5.32 Å². The molecule has 2 heterocycles. The second-order valence-corrected chi connectivity index (χ2v) is 5.24. The van der Waals surface area contributed by atoms with Crippen LogP contribution in [0.15, 0.2) is 12.4 Å². The Morgan fingerprint density at radius 2 is 2.41 bits per heavy atom. The van der Waals surface area contributed by atoms with Crippen LogP contribution in [0, 0.1) is 5.92 Å². The number of hydrogen-bond acceptors (Lipinski definition) is 3. The molecular weight excluding hydrogens is 212 g/mol. The van der Waals surface area contributed by atoms with Crippen molar-refractivity contribution in [2.75, 3.05) is 20.1 Å². The van der Waals surface area contributed by atoms with Crippen molar-refractivity contribution in [3.63, 3.8) is 0 Å². The summed E-state index contributed by atoms with van der Waals surface area (Å²) in [6.45, 7) is 5.76. The average Bonchev–Trinajstić information content (AvgIpc) is 2.74. The Kier molecular flexibility index (Phi) is 4.18. The molecule has 4 nitrogen and oxygen atoms in total. The number of hydrogen-bond donors (Lipinski definition) is 1. The molecule has 1 aromatic rings. The van der Waals surface area contributed by atoms with Crippen molar-refractivity contribution < 1.29 is 0 Å². The van der Waals surface area contributed by atoms with E-state index in [9.17, 15) is 0 Å². The summed E-state index contributed by atoms with van der Waals surface area (Å²) in [7, 11) is 4.04. The second kappa shape index (κ2) is 5.65. The van der Waals surface area contributed by atoms with Gasteiger partial charge in [-0.25, -0.2) is 0 Å². The molecule has 1 saturated heterocycles. The van der Waals surface area contributed by atoms with Crippen LogP contribution in [0.4, 0.5) is 0 Å². The van der Waals surface area contributed by atoms with Gasteiger partial charge in [-0.2, -0.15) is 5.10 Å². The first-order valence-electron chi connectivity index (χ1n) is 6.56. The lowest BCUT2D eigenvalue weighted by molar-refractivity contribution is 0.147. The van der Waals surface area contributed by atoms with Crippen LogP contribution < -0.4 is 5.32 Å². The Balaban J connectivity index is 1.89.